The van der Waals surface area contributed by atoms with E-state index in [4.69, 9.17) is 23.2 Å². The Labute approximate surface area is 127 Å². The van der Waals surface area contributed by atoms with Gasteiger partial charge in [0.1, 0.15) is 0 Å². The van der Waals surface area contributed by atoms with Gasteiger partial charge in [-0.25, -0.2) is 4.99 Å². The zero-order chi connectivity index (χ0) is 14.3. The molecule has 2 aromatic carbocycles. The van der Waals surface area contributed by atoms with Crippen molar-refractivity contribution in [1.82, 2.24) is 0 Å². The molecule has 0 aliphatic carbocycles. The van der Waals surface area contributed by atoms with Crippen molar-refractivity contribution in [3.8, 4) is 0 Å². The number of carbonyl (C=O) groups is 1. The van der Waals surface area contributed by atoms with Gasteiger partial charge in [-0.1, -0.05) is 65.7 Å². The number of halogens is 2. The summed E-state index contributed by atoms with van der Waals surface area (Å²) in [5.41, 5.74) is 3.17. The number of carbonyl (C=O) groups excluding carboxylic acids is 1. The highest BCUT2D eigenvalue weighted by Gasteiger charge is 2.44. The molecule has 0 bridgehead atoms. The van der Waals surface area contributed by atoms with Gasteiger partial charge >= 0.3 is 0 Å². The van der Waals surface area contributed by atoms with Crippen LogP contribution in [-0.4, -0.2) is 15.8 Å². The maximum absolute atomic E-state index is 12.5. The average Bonchev–Trinajstić information content (AvgIpc) is 2.44. The van der Waals surface area contributed by atoms with Crippen molar-refractivity contribution < 1.29 is 4.79 Å². The van der Waals surface area contributed by atoms with E-state index in [-0.39, 0.29) is 5.78 Å². The molecule has 0 aromatic heterocycles. The first-order valence-corrected chi connectivity index (χ1v) is 6.94. The fraction of sp³-hybridized carbons (Fsp3) is 0.125. The number of rotatable bonds is 1. The second kappa shape index (κ2) is 4.72. The molecule has 1 aliphatic heterocycles. The van der Waals surface area contributed by atoms with Crippen LogP contribution in [-0.2, 0) is 0 Å². The van der Waals surface area contributed by atoms with Crippen molar-refractivity contribution in [2.24, 2.45) is 4.99 Å². The molecule has 0 atom stereocenters. The monoisotopic (exact) mass is 303 g/mol. The molecule has 0 amide bonds. The van der Waals surface area contributed by atoms with Crippen LogP contribution < -0.4 is 0 Å². The Morgan fingerprint density at radius 2 is 1.70 bits per heavy atom. The maximum atomic E-state index is 12.5. The van der Waals surface area contributed by atoms with Crippen molar-refractivity contribution in [3.05, 3.63) is 65.2 Å². The highest BCUT2D eigenvalue weighted by molar-refractivity contribution is 6.72. The smallest absolute Gasteiger partial charge is 0.222 e. The summed E-state index contributed by atoms with van der Waals surface area (Å²) in [6.45, 7) is 1.91. The van der Waals surface area contributed by atoms with Gasteiger partial charge in [0.15, 0.2) is 0 Å². The number of ketones is 1. The van der Waals surface area contributed by atoms with Gasteiger partial charge in [-0.15, -0.1) is 0 Å². The lowest BCUT2D eigenvalue weighted by molar-refractivity contribution is 0.0991. The molecule has 0 spiro atoms. The van der Waals surface area contributed by atoms with Gasteiger partial charge in [0.25, 0.3) is 0 Å². The van der Waals surface area contributed by atoms with E-state index in [1.54, 1.807) is 12.1 Å². The van der Waals surface area contributed by atoms with E-state index >= 15 is 0 Å². The summed E-state index contributed by atoms with van der Waals surface area (Å²) in [6, 6.07) is 14.7. The third-order valence-corrected chi connectivity index (χ3v) is 4.04. The lowest BCUT2D eigenvalue weighted by Gasteiger charge is -2.26. The van der Waals surface area contributed by atoms with Crippen molar-refractivity contribution in [1.29, 1.82) is 0 Å². The minimum atomic E-state index is -1.65. The minimum absolute atomic E-state index is 0.326. The highest BCUT2D eigenvalue weighted by Crippen LogP contribution is 2.40. The molecule has 3 rings (SSSR count). The summed E-state index contributed by atoms with van der Waals surface area (Å²) < 4.78 is -1.65. The first-order valence-electron chi connectivity index (χ1n) is 6.18. The number of aliphatic imine (C=N–C) groups is 1. The van der Waals surface area contributed by atoms with Crippen LogP contribution in [0.2, 0.25) is 0 Å². The van der Waals surface area contributed by atoms with Gasteiger partial charge in [-0.3, -0.25) is 4.79 Å². The third-order valence-electron chi connectivity index (χ3n) is 3.34. The second-order valence-electron chi connectivity index (χ2n) is 4.70. The minimum Gasteiger partial charge on any atom is -0.290 e. The number of fused-ring (bicyclic) bond motifs is 1. The molecule has 0 unspecified atom stereocenters. The van der Waals surface area contributed by atoms with E-state index in [1.165, 1.54) is 0 Å². The number of hydrogen-bond donors (Lipinski definition) is 0. The lowest BCUT2D eigenvalue weighted by atomic mass is 9.93. The van der Waals surface area contributed by atoms with E-state index < -0.39 is 4.33 Å². The first kappa shape index (κ1) is 13.3. The van der Waals surface area contributed by atoms with E-state index in [2.05, 4.69) is 4.99 Å². The van der Waals surface area contributed by atoms with Gasteiger partial charge in [0.05, 0.1) is 11.4 Å². The number of aryl methyl sites for hydroxylation is 1. The number of hydrogen-bond acceptors (Lipinski definition) is 2. The normalized spacial score (nSPS) is 16.6. The predicted octanol–water partition coefficient (Wildman–Crippen LogP) is 4.49. The SMILES string of the molecule is Cc1cccc2c1N=C(c1ccccc1)C(Cl)(Cl)C2=O. The van der Waals surface area contributed by atoms with E-state index in [1.807, 2.05) is 43.3 Å². The van der Waals surface area contributed by atoms with Crippen molar-refractivity contribution in [2.45, 2.75) is 11.3 Å². The molecular formula is C16H11Cl2NO. The van der Waals surface area contributed by atoms with Crippen LogP contribution in [0.25, 0.3) is 0 Å². The highest BCUT2D eigenvalue weighted by atomic mass is 35.5. The van der Waals surface area contributed by atoms with Gasteiger partial charge in [-0.05, 0) is 24.1 Å². The fourth-order valence-corrected chi connectivity index (χ4v) is 2.80. The van der Waals surface area contributed by atoms with Crippen LogP contribution in [0.5, 0.6) is 0 Å². The molecule has 0 saturated carbocycles. The molecule has 20 heavy (non-hydrogen) atoms. The molecule has 2 aromatic rings. The Kier molecular flexibility index (Phi) is 3.15. The molecule has 4 heteroatoms. The molecule has 0 radical (unpaired) electrons. The number of nitrogens with zero attached hydrogens (tertiary/aromatic N) is 1. The Balaban J connectivity index is 2.29. The first-order chi connectivity index (χ1) is 9.51. The van der Waals surface area contributed by atoms with Crippen LogP contribution in [0.4, 0.5) is 5.69 Å². The van der Waals surface area contributed by atoms with Crippen LogP contribution in [0.15, 0.2) is 53.5 Å². The van der Waals surface area contributed by atoms with Crippen LogP contribution in [0.3, 0.4) is 0 Å². The predicted molar refractivity (Wildman–Crippen MR) is 82.6 cm³/mol. The van der Waals surface area contributed by atoms with Gasteiger partial charge < -0.3 is 0 Å². The van der Waals surface area contributed by atoms with Crippen molar-refractivity contribution in [2.75, 3.05) is 0 Å². The Hall–Kier alpha value is -1.64. The quantitative estimate of drug-likeness (QED) is 0.714. The zero-order valence-corrected chi connectivity index (χ0v) is 12.2. The third kappa shape index (κ3) is 1.96. The molecule has 0 saturated heterocycles. The molecule has 1 aliphatic rings. The maximum Gasteiger partial charge on any atom is 0.222 e. The molecule has 100 valence electrons. The average molecular weight is 304 g/mol. The van der Waals surface area contributed by atoms with Crippen molar-refractivity contribution >= 4 is 40.4 Å². The van der Waals surface area contributed by atoms with E-state index in [9.17, 15) is 4.79 Å². The van der Waals surface area contributed by atoms with Crippen LogP contribution >= 0.6 is 23.2 Å². The standard InChI is InChI=1S/C16H11Cl2NO/c1-10-6-5-9-12-13(10)19-14(16(17,18)15(12)20)11-7-3-2-4-8-11/h2-9H,1H3. The number of para-hydroxylation sites is 1. The molecule has 0 fully saturated rings. The molecule has 0 N–H and O–H groups in total. The van der Waals surface area contributed by atoms with Gasteiger partial charge in [-0.2, -0.15) is 0 Å². The molecular weight excluding hydrogens is 293 g/mol. The Morgan fingerprint density at radius 3 is 2.40 bits per heavy atom. The number of alkyl halides is 2. The molecule has 1 heterocycles. The molecule has 2 nitrogen and oxygen atoms in total. The summed E-state index contributed by atoms with van der Waals surface area (Å²) >= 11 is 12.6. The van der Waals surface area contributed by atoms with Crippen LogP contribution in [0.1, 0.15) is 21.5 Å². The number of Topliss-reactive ketones (excluding diaryl/α,β-unsaturated/α-hetero) is 1. The Morgan fingerprint density at radius 1 is 1.00 bits per heavy atom. The van der Waals surface area contributed by atoms with Gasteiger partial charge in [0.2, 0.25) is 10.1 Å². The topological polar surface area (TPSA) is 29.4 Å². The second-order valence-corrected chi connectivity index (χ2v) is 6.03. The summed E-state index contributed by atoms with van der Waals surface area (Å²) in [4.78, 5) is 17.1. The zero-order valence-electron chi connectivity index (χ0n) is 10.7. The summed E-state index contributed by atoms with van der Waals surface area (Å²) in [5, 5.41) is 0. The van der Waals surface area contributed by atoms with E-state index in [0.29, 0.717) is 17.0 Å². The summed E-state index contributed by atoms with van der Waals surface area (Å²) in [7, 11) is 0. The van der Waals surface area contributed by atoms with Crippen molar-refractivity contribution in [3.63, 3.8) is 0 Å². The summed E-state index contributed by atoms with van der Waals surface area (Å²) in [5.74, 6) is -0.326. The lowest BCUT2D eigenvalue weighted by Crippen LogP contribution is -2.38. The van der Waals surface area contributed by atoms with E-state index in [0.717, 1.165) is 11.1 Å². The fourth-order valence-electron chi connectivity index (χ4n) is 2.29. The summed E-state index contributed by atoms with van der Waals surface area (Å²) in [6.07, 6.45) is 0. The van der Waals surface area contributed by atoms with Gasteiger partial charge in [0, 0.05) is 5.56 Å². The number of benzene rings is 2. The Bertz CT molecular complexity index is 721. The largest absolute Gasteiger partial charge is 0.290 e. The van der Waals surface area contributed by atoms with Crippen LogP contribution in [0, 0.1) is 6.92 Å².